The van der Waals surface area contributed by atoms with Crippen LogP contribution in [0.5, 0.6) is 5.75 Å². The smallest absolute Gasteiger partial charge is 0.336 e. The molecule has 0 saturated heterocycles. The minimum atomic E-state index is -1.29. The highest BCUT2D eigenvalue weighted by Crippen LogP contribution is 2.32. The zero-order valence-electron chi connectivity index (χ0n) is 22.0. The number of carbonyl (C=O) groups is 2. The summed E-state index contributed by atoms with van der Waals surface area (Å²) in [6.07, 6.45) is 5.54. The van der Waals surface area contributed by atoms with Crippen molar-refractivity contribution in [2.24, 2.45) is 5.73 Å². The number of benzene rings is 2. The van der Waals surface area contributed by atoms with Crippen LogP contribution in [0.4, 0.5) is 10.2 Å². The van der Waals surface area contributed by atoms with Gasteiger partial charge in [-0.2, -0.15) is 0 Å². The van der Waals surface area contributed by atoms with Crippen LogP contribution in [0.1, 0.15) is 57.7 Å². The van der Waals surface area contributed by atoms with E-state index in [2.05, 4.69) is 20.6 Å². The standard InChI is InChI=1S/C30H32FN5O4/c31-22-13-12-21(24(17-22)30(38)39)18-35-29(37)26-27(40-19-20-9-4-3-5-10-20)25-23(11-8-16-33-25)28(36-26)34-15-7-2-1-6-14-32/h3-5,8-13,16-17H,1-2,6-7,14-15,18-19,32H2,(H,34,36)(H,35,37)(H,38,39). The van der Waals surface area contributed by atoms with Crippen LogP contribution in [0.2, 0.25) is 0 Å². The van der Waals surface area contributed by atoms with Gasteiger partial charge in [-0.15, -0.1) is 0 Å². The molecule has 5 N–H and O–H groups in total. The molecule has 9 nitrogen and oxygen atoms in total. The van der Waals surface area contributed by atoms with Crippen LogP contribution < -0.4 is 21.1 Å². The van der Waals surface area contributed by atoms with Crippen molar-refractivity contribution in [2.75, 3.05) is 18.4 Å². The van der Waals surface area contributed by atoms with Gasteiger partial charge < -0.3 is 26.2 Å². The molecule has 0 saturated carbocycles. The molecule has 2 heterocycles. The van der Waals surface area contributed by atoms with Crippen molar-refractivity contribution >= 4 is 28.6 Å². The van der Waals surface area contributed by atoms with E-state index in [4.69, 9.17) is 10.5 Å². The van der Waals surface area contributed by atoms with E-state index in [0.29, 0.717) is 29.8 Å². The Kier molecular flexibility index (Phi) is 9.95. The molecular weight excluding hydrogens is 513 g/mol. The predicted octanol–water partition coefficient (Wildman–Crippen LogP) is 4.91. The Bertz CT molecular complexity index is 1470. The van der Waals surface area contributed by atoms with Crippen LogP contribution in [0.15, 0.2) is 66.9 Å². The number of nitrogens with two attached hydrogens (primary N) is 1. The van der Waals surface area contributed by atoms with Gasteiger partial charge in [-0.25, -0.2) is 14.2 Å². The highest BCUT2D eigenvalue weighted by Gasteiger charge is 2.23. The number of nitrogens with one attached hydrogen (secondary N) is 2. The number of carbonyl (C=O) groups excluding carboxylic acids is 1. The van der Waals surface area contributed by atoms with Crippen LogP contribution in [0, 0.1) is 5.82 Å². The van der Waals surface area contributed by atoms with E-state index in [-0.39, 0.29) is 35.7 Å². The highest BCUT2D eigenvalue weighted by molar-refractivity contribution is 6.04. The number of unbranched alkanes of at least 4 members (excludes halogenated alkanes) is 3. The molecule has 4 aromatic rings. The molecule has 4 rings (SSSR count). The van der Waals surface area contributed by atoms with Crippen molar-refractivity contribution in [3.05, 3.63) is 95.1 Å². The second-order valence-electron chi connectivity index (χ2n) is 9.23. The summed E-state index contributed by atoms with van der Waals surface area (Å²) in [5.74, 6) is -1.84. The number of hydrogen-bond donors (Lipinski definition) is 4. The maximum Gasteiger partial charge on any atom is 0.336 e. The van der Waals surface area contributed by atoms with Gasteiger partial charge in [-0.05, 0) is 54.8 Å². The van der Waals surface area contributed by atoms with E-state index in [1.165, 1.54) is 6.07 Å². The lowest BCUT2D eigenvalue weighted by Crippen LogP contribution is -2.26. The molecule has 0 aliphatic heterocycles. The lowest BCUT2D eigenvalue weighted by atomic mass is 10.1. The van der Waals surface area contributed by atoms with E-state index in [9.17, 15) is 19.1 Å². The SMILES string of the molecule is NCCCCCCNc1nc(C(=O)NCc2ccc(F)cc2C(=O)O)c(OCc2ccccc2)c2ncccc12. The Labute approximate surface area is 231 Å². The molecular formula is C30H32FN5O4. The van der Waals surface area contributed by atoms with Gasteiger partial charge in [0.05, 0.1) is 5.56 Å². The van der Waals surface area contributed by atoms with Crippen LogP contribution in [0.3, 0.4) is 0 Å². The van der Waals surface area contributed by atoms with Gasteiger partial charge in [0.1, 0.15) is 23.8 Å². The monoisotopic (exact) mass is 545 g/mol. The number of rotatable bonds is 14. The Balaban J connectivity index is 1.64. The van der Waals surface area contributed by atoms with Crippen molar-refractivity contribution in [3.8, 4) is 5.75 Å². The molecule has 0 bridgehead atoms. The fraction of sp³-hybridized carbons (Fsp3) is 0.267. The van der Waals surface area contributed by atoms with Crippen LogP contribution >= 0.6 is 0 Å². The average Bonchev–Trinajstić information content (AvgIpc) is 2.97. The van der Waals surface area contributed by atoms with E-state index >= 15 is 0 Å². The predicted molar refractivity (Wildman–Crippen MR) is 151 cm³/mol. The van der Waals surface area contributed by atoms with E-state index in [1.807, 2.05) is 36.4 Å². The Morgan fingerprint density at radius 3 is 2.58 bits per heavy atom. The number of fused-ring (bicyclic) bond motifs is 1. The third kappa shape index (κ3) is 7.29. The molecule has 1 amide bonds. The molecule has 10 heteroatoms. The summed E-state index contributed by atoms with van der Waals surface area (Å²) in [4.78, 5) is 34.3. The van der Waals surface area contributed by atoms with Crippen molar-refractivity contribution in [1.82, 2.24) is 15.3 Å². The summed E-state index contributed by atoms with van der Waals surface area (Å²) in [5.41, 5.74) is 6.98. The maximum absolute atomic E-state index is 13.6. The van der Waals surface area contributed by atoms with Gasteiger partial charge in [0.15, 0.2) is 11.4 Å². The first-order chi connectivity index (χ1) is 19.5. The maximum atomic E-state index is 13.6. The topological polar surface area (TPSA) is 139 Å². The fourth-order valence-corrected chi connectivity index (χ4v) is 4.26. The third-order valence-electron chi connectivity index (χ3n) is 6.32. The quantitative estimate of drug-likeness (QED) is 0.164. The molecule has 0 atom stereocenters. The van der Waals surface area contributed by atoms with Crippen molar-refractivity contribution in [1.29, 1.82) is 0 Å². The number of halogens is 1. The van der Waals surface area contributed by atoms with Gasteiger partial charge in [0.2, 0.25) is 0 Å². The number of aromatic carboxylic acids is 1. The zero-order chi connectivity index (χ0) is 28.3. The summed E-state index contributed by atoms with van der Waals surface area (Å²) in [6.45, 7) is 1.35. The van der Waals surface area contributed by atoms with Crippen molar-refractivity contribution in [3.63, 3.8) is 0 Å². The first kappa shape index (κ1) is 28.4. The molecule has 0 spiro atoms. The Hall–Kier alpha value is -4.57. The molecule has 208 valence electrons. The van der Waals surface area contributed by atoms with Crippen molar-refractivity contribution in [2.45, 2.75) is 38.8 Å². The highest BCUT2D eigenvalue weighted by atomic mass is 19.1. The number of nitrogens with zero attached hydrogens (tertiary/aromatic N) is 2. The number of amides is 1. The largest absolute Gasteiger partial charge is 0.484 e. The van der Waals surface area contributed by atoms with Crippen molar-refractivity contribution < 1.29 is 23.8 Å². The minimum absolute atomic E-state index is 0.00625. The molecule has 2 aromatic carbocycles. The lowest BCUT2D eigenvalue weighted by molar-refractivity contribution is 0.0693. The Morgan fingerprint density at radius 1 is 1.00 bits per heavy atom. The molecule has 40 heavy (non-hydrogen) atoms. The van der Waals surface area contributed by atoms with E-state index in [0.717, 1.165) is 43.4 Å². The minimum Gasteiger partial charge on any atom is -0.484 e. The summed E-state index contributed by atoms with van der Waals surface area (Å²) in [7, 11) is 0. The zero-order valence-corrected chi connectivity index (χ0v) is 22.0. The second kappa shape index (κ2) is 14.0. The third-order valence-corrected chi connectivity index (χ3v) is 6.32. The fourth-order valence-electron chi connectivity index (χ4n) is 4.26. The number of pyridine rings is 2. The molecule has 0 aliphatic rings. The van der Waals surface area contributed by atoms with Crippen LogP contribution in [0.25, 0.3) is 10.9 Å². The van der Waals surface area contributed by atoms with Gasteiger partial charge in [-0.3, -0.25) is 9.78 Å². The number of aromatic nitrogens is 2. The number of anilines is 1. The lowest BCUT2D eigenvalue weighted by Gasteiger charge is -2.17. The number of carboxylic acid groups (broad SMARTS) is 1. The summed E-state index contributed by atoms with van der Waals surface area (Å²) < 4.78 is 19.8. The van der Waals surface area contributed by atoms with Gasteiger partial charge in [0.25, 0.3) is 5.91 Å². The summed E-state index contributed by atoms with van der Waals surface area (Å²) in [6, 6.07) is 16.6. The van der Waals surface area contributed by atoms with Crippen LogP contribution in [-0.2, 0) is 13.2 Å². The molecule has 0 aliphatic carbocycles. The van der Waals surface area contributed by atoms with Gasteiger partial charge in [-0.1, -0.05) is 49.2 Å². The molecule has 2 aromatic heterocycles. The molecule has 0 radical (unpaired) electrons. The first-order valence-corrected chi connectivity index (χ1v) is 13.2. The van der Waals surface area contributed by atoms with E-state index < -0.39 is 17.7 Å². The Morgan fingerprint density at radius 2 is 1.80 bits per heavy atom. The van der Waals surface area contributed by atoms with Gasteiger partial charge >= 0.3 is 5.97 Å². The molecule has 0 fully saturated rings. The second-order valence-corrected chi connectivity index (χ2v) is 9.23. The average molecular weight is 546 g/mol. The van der Waals surface area contributed by atoms with Crippen LogP contribution in [-0.4, -0.2) is 40.0 Å². The number of carboxylic acids is 1. The van der Waals surface area contributed by atoms with Gasteiger partial charge in [0, 0.05) is 24.7 Å². The molecule has 0 unspecified atom stereocenters. The number of ether oxygens (including phenoxy) is 1. The van der Waals surface area contributed by atoms with E-state index in [1.54, 1.807) is 12.3 Å². The number of hydrogen-bond acceptors (Lipinski definition) is 7. The summed E-state index contributed by atoms with van der Waals surface area (Å²) >= 11 is 0. The first-order valence-electron chi connectivity index (χ1n) is 13.2. The summed E-state index contributed by atoms with van der Waals surface area (Å²) in [5, 5.41) is 16.2. The normalized spacial score (nSPS) is 10.8.